The molecule has 2 aliphatic heterocycles. The van der Waals surface area contributed by atoms with Crippen LogP contribution >= 0.6 is 12.2 Å². The molecule has 3 nitrogen and oxygen atoms in total. The molecule has 4 heteroatoms. The number of nitrogens with zero attached hydrogens (tertiary/aromatic N) is 1. The third kappa shape index (κ3) is 4.73. The van der Waals surface area contributed by atoms with Gasteiger partial charge in [0.15, 0.2) is 5.11 Å². The van der Waals surface area contributed by atoms with Gasteiger partial charge in [-0.15, -0.1) is 0 Å². The number of benzene rings is 2. The number of rotatable bonds is 4. The molecule has 2 fully saturated rings. The lowest BCUT2D eigenvalue weighted by Crippen LogP contribution is -2.56. The fourth-order valence-electron chi connectivity index (χ4n) is 4.75. The summed E-state index contributed by atoms with van der Waals surface area (Å²) in [6.07, 6.45) is 6.33. The maximum atomic E-state index is 5.59. The standard InChI is InChI=1S/C24H31N3S/c1-17-6-10-19(11-7-17)16-27-22-4-3-5-23(27)15-21(14-22)26-24(28)25-20-12-8-18(2)9-13-20/h6-13,21-23H,3-5,14-16H2,1-2H3,(H2,25,26,28)/t22-,23-/m0/s1. The molecule has 0 amide bonds. The number of piperidine rings is 2. The van der Waals surface area contributed by atoms with Crippen LogP contribution < -0.4 is 10.6 Å². The quantitative estimate of drug-likeness (QED) is 0.700. The second kappa shape index (κ2) is 8.62. The van der Waals surface area contributed by atoms with Crippen molar-refractivity contribution < 1.29 is 0 Å². The molecule has 2 aromatic carbocycles. The number of thiocarbonyl (C=S) groups is 1. The van der Waals surface area contributed by atoms with Crippen LogP contribution in [0.4, 0.5) is 5.69 Å². The number of fused-ring (bicyclic) bond motifs is 2. The normalized spacial score (nSPS) is 24.6. The van der Waals surface area contributed by atoms with E-state index in [0.717, 1.165) is 17.3 Å². The second-order valence-corrected chi connectivity index (χ2v) is 8.94. The molecule has 2 aliphatic rings. The third-order valence-electron chi connectivity index (χ3n) is 6.26. The lowest BCUT2D eigenvalue weighted by molar-refractivity contribution is 0.0212. The number of aryl methyl sites for hydroxylation is 2. The van der Waals surface area contributed by atoms with Crippen LogP contribution in [0.15, 0.2) is 48.5 Å². The highest BCUT2D eigenvalue weighted by Crippen LogP contribution is 2.35. The van der Waals surface area contributed by atoms with E-state index in [9.17, 15) is 0 Å². The Morgan fingerprint density at radius 3 is 2.11 bits per heavy atom. The minimum atomic E-state index is 0.468. The first-order valence-corrected chi connectivity index (χ1v) is 10.9. The molecule has 4 rings (SSSR count). The molecular formula is C24H31N3S. The Hall–Kier alpha value is -1.91. The molecule has 0 aliphatic carbocycles. The zero-order valence-corrected chi connectivity index (χ0v) is 17.8. The Kier molecular flexibility index (Phi) is 5.98. The zero-order valence-electron chi connectivity index (χ0n) is 16.9. The van der Waals surface area contributed by atoms with Crippen LogP contribution in [0.5, 0.6) is 0 Å². The van der Waals surface area contributed by atoms with E-state index < -0.39 is 0 Å². The molecule has 0 spiro atoms. The Labute approximate surface area is 174 Å². The first-order chi connectivity index (χ1) is 13.6. The van der Waals surface area contributed by atoms with E-state index in [1.165, 1.54) is 48.8 Å². The molecule has 148 valence electrons. The predicted octanol–water partition coefficient (Wildman–Crippen LogP) is 5.18. The zero-order chi connectivity index (χ0) is 19.5. The fourth-order valence-corrected chi connectivity index (χ4v) is 5.03. The van der Waals surface area contributed by atoms with E-state index >= 15 is 0 Å². The highest BCUT2D eigenvalue weighted by molar-refractivity contribution is 7.80. The predicted molar refractivity (Wildman–Crippen MR) is 122 cm³/mol. The first kappa shape index (κ1) is 19.4. The summed E-state index contributed by atoms with van der Waals surface area (Å²) >= 11 is 5.59. The molecule has 2 saturated heterocycles. The average molecular weight is 394 g/mol. The number of nitrogens with one attached hydrogen (secondary N) is 2. The average Bonchev–Trinajstić information content (AvgIpc) is 2.66. The summed E-state index contributed by atoms with van der Waals surface area (Å²) in [6, 6.07) is 19.2. The summed E-state index contributed by atoms with van der Waals surface area (Å²) in [5.74, 6) is 0. The highest BCUT2D eigenvalue weighted by atomic mass is 32.1. The van der Waals surface area contributed by atoms with Gasteiger partial charge in [-0.3, -0.25) is 4.90 Å². The Balaban J connectivity index is 1.35. The van der Waals surface area contributed by atoms with Crippen molar-refractivity contribution in [2.45, 2.75) is 70.6 Å². The number of hydrogen-bond donors (Lipinski definition) is 2. The van der Waals surface area contributed by atoms with Crippen LogP contribution in [0.3, 0.4) is 0 Å². The van der Waals surface area contributed by atoms with Crippen molar-refractivity contribution in [2.24, 2.45) is 0 Å². The van der Waals surface area contributed by atoms with Crippen molar-refractivity contribution in [3.8, 4) is 0 Å². The van der Waals surface area contributed by atoms with Crippen molar-refractivity contribution in [1.82, 2.24) is 10.2 Å². The largest absolute Gasteiger partial charge is 0.360 e. The summed E-state index contributed by atoms with van der Waals surface area (Å²) < 4.78 is 0. The van der Waals surface area contributed by atoms with Crippen LogP contribution in [0, 0.1) is 13.8 Å². The summed E-state index contributed by atoms with van der Waals surface area (Å²) in [5, 5.41) is 7.69. The van der Waals surface area contributed by atoms with Crippen molar-refractivity contribution >= 4 is 23.0 Å². The molecule has 2 bridgehead atoms. The summed E-state index contributed by atoms with van der Waals surface area (Å²) in [6.45, 7) is 5.33. The van der Waals surface area contributed by atoms with Gasteiger partial charge in [0, 0.05) is 30.4 Å². The van der Waals surface area contributed by atoms with E-state index in [2.05, 4.69) is 77.9 Å². The number of hydrogen-bond acceptors (Lipinski definition) is 2. The second-order valence-electron chi connectivity index (χ2n) is 8.53. The lowest BCUT2D eigenvalue weighted by atomic mass is 9.81. The summed E-state index contributed by atoms with van der Waals surface area (Å²) in [7, 11) is 0. The van der Waals surface area contributed by atoms with Crippen molar-refractivity contribution in [3.63, 3.8) is 0 Å². The maximum Gasteiger partial charge on any atom is 0.170 e. The summed E-state index contributed by atoms with van der Waals surface area (Å²) in [5.41, 5.74) is 5.09. The Bertz CT molecular complexity index is 786. The van der Waals surface area contributed by atoms with Crippen LogP contribution in [-0.2, 0) is 6.54 Å². The Morgan fingerprint density at radius 2 is 1.50 bits per heavy atom. The molecule has 2 heterocycles. The Morgan fingerprint density at radius 1 is 0.929 bits per heavy atom. The maximum absolute atomic E-state index is 5.59. The first-order valence-electron chi connectivity index (χ1n) is 10.5. The van der Waals surface area contributed by atoms with Crippen LogP contribution in [-0.4, -0.2) is 28.1 Å². The van der Waals surface area contributed by atoms with E-state index in [-0.39, 0.29) is 0 Å². The van der Waals surface area contributed by atoms with E-state index in [1.54, 1.807) is 0 Å². The topological polar surface area (TPSA) is 27.3 Å². The van der Waals surface area contributed by atoms with E-state index in [0.29, 0.717) is 18.1 Å². The van der Waals surface area contributed by atoms with Gasteiger partial charge in [0.1, 0.15) is 0 Å². The van der Waals surface area contributed by atoms with Crippen LogP contribution in [0.2, 0.25) is 0 Å². The lowest BCUT2D eigenvalue weighted by Gasteiger charge is -2.49. The van der Waals surface area contributed by atoms with Crippen molar-refractivity contribution in [3.05, 3.63) is 65.2 Å². The molecule has 2 atom stereocenters. The smallest absolute Gasteiger partial charge is 0.170 e. The molecule has 0 aromatic heterocycles. The van der Waals surface area contributed by atoms with Crippen LogP contribution in [0.25, 0.3) is 0 Å². The van der Waals surface area contributed by atoms with Gasteiger partial charge < -0.3 is 10.6 Å². The van der Waals surface area contributed by atoms with Crippen molar-refractivity contribution in [2.75, 3.05) is 5.32 Å². The summed E-state index contributed by atoms with van der Waals surface area (Å²) in [4.78, 5) is 2.75. The molecule has 0 unspecified atom stereocenters. The van der Waals surface area contributed by atoms with Gasteiger partial charge in [-0.2, -0.15) is 0 Å². The molecule has 2 aromatic rings. The van der Waals surface area contributed by atoms with Crippen LogP contribution in [0.1, 0.15) is 48.8 Å². The third-order valence-corrected chi connectivity index (χ3v) is 6.48. The van der Waals surface area contributed by atoms with Gasteiger partial charge in [-0.1, -0.05) is 53.9 Å². The fraction of sp³-hybridized carbons (Fsp3) is 0.458. The highest BCUT2D eigenvalue weighted by Gasteiger charge is 2.38. The molecule has 0 saturated carbocycles. The van der Waals surface area contributed by atoms with Crippen molar-refractivity contribution in [1.29, 1.82) is 0 Å². The van der Waals surface area contributed by atoms with Gasteiger partial charge in [0.2, 0.25) is 0 Å². The monoisotopic (exact) mass is 393 g/mol. The van der Waals surface area contributed by atoms with Gasteiger partial charge in [-0.25, -0.2) is 0 Å². The van der Waals surface area contributed by atoms with Gasteiger partial charge >= 0.3 is 0 Å². The SMILES string of the molecule is Cc1ccc(CN2[C@H]3CCC[C@H]2CC(NC(=S)Nc2ccc(C)cc2)C3)cc1. The van der Waals surface area contributed by atoms with Gasteiger partial charge in [-0.05, 0) is 69.4 Å². The molecule has 0 radical (unpaired) electrons. The molecular weight excluding hydrogens is 362 g/mol. The van der Waals surface area contributed by atoms with E-state index in [4.69, 9.17) is 12.2 Å². The van der Waals surface area contributed by atoms with Gasteiger partial charge in [0.25, 0.3) is 0 Å². The van der Waals surface area contributed by atoms with Gasteiger partial charge in [0.05, 0.1) is 0 Å². The molecule has 2 N–H and O–H groups in total. The minimum Gasteiger partial charge on any atom is -0.360 e. The van der Waals surface area contributed by atoms with E-state index in [1.807, 2.05) is 0 Å². The number of anilines is 1. The minimum absolute atomic E-state index is 0.468. The molecule has 28 heavy (non-hydrogen) atoms.